The summed E-state index contributed by atoms with van der Waals surface area (Å²) < 4.78 is 0. The van der Waals surface area contributed by atoms with E-state index in [1.807, 2.05) is 0 Å². The van der Waals surface area contributed by atoms with E-state index in [9.17, 15) is 0 Å². The Bertz CT molecular complexity index is 162. The smallest absolute Gasteiger partial charge is 0.0110 e. The lowest BCUT2D eigenvalue weighted by Crippen LogP contribution is -2.38. The van der Waals surface area contributed by atoms with Crippen LogP contribution < -0.4 is 5.32 Å². The van der Waals surface area contributed by atoms with Gasteiger partial charge in [0.1, 0.15) is 0 Å². The number of hydrogen-bond acceptors (Lipinski definition) is 2. The Hall–Kier alpha value is -0.0800. The molecule has 1 fully saturated rings. The highest BCUT2D eigenvalue weighted by atomic mass is 15.2. The van der Waals surface area contributed by atoms with E-state index < -0.39 is 0 Å². The summed E-state index contributed by atoms with van der Waals surface area (Å²) in [6.45, 7) is 11.7. The summed E-state index contributed by atoms with van der Waals surface area (Å²) in [5, 5.41) is 3.63. The molecule has 0 heterocycles. The van der Waals surface area contributed by atoms with Crippen molar-refractivity contribution in [2.24, 2.45) is 5.92 Å². The molecule has 0 bridgehead atoms. The molecule has 0 aromatic heterocycles. The average Bonchev–Trinajstić information content (AvgIpc) is 2.75. The highest BCUT2D eigenvalue weighted by Crippen LogP contribution is 2.23. The molecule has 16 heavy (non-hydrogen) atoms. The Morgan fingerprint density at radius 3 is 2.44 bits per heavy atom. The second kappa shape index (κ2) is 8.08. The highest BCUT2D eigenvalue weighted by molar-refractivity contribution is 4.70. The van der Waals surface area contributed by atoms with Gasteiger partial charge < -0.3 is 5.32 Å². The monoisotopic (exact) mass is 226 g/mol. The molecule has 0 radical (unpaired) electrons. The van der Waals surface area contributed by atoms with Crippen molar-refractivity contribution in [2.75, 3.05) is 26.2 Å². The Kier molecular flexibility index (Phi) is 7.06. The van der Waals surface area contributed by atoms with Gasteiger partial charge in [0.25, 0.3) is 0 Å². The van der Waals surface area contributed by atoms with Gasteiger partial charge in [0, 0.05) is 19.1 Å². The maximum absolute atomic E-state index is 3.63. The molecular weight excluding hydrogens is 196 g/mol. The van der Waals surface area contributed by atoms with Crippen LogP contribution in [0, 0.1) is 5.92 Å². The molecule has 1 aliphatic carbocycles. The fraction of sp³-hybridized carbons (Fsp3) is 1.00. The van der Waals surface area contributed by atoms with Crippen LogP contribution >= 0.6 is 0 Å². The van der Waals surface area contributed by atoms with E-state index in [1.165, 1.54) is 51.7 Å². The van der Waals surface area contributed by atoms with Crippen molar-refractivity contribution < 1.29 is 0 Å². The molecule has 0 amide bonds. The van der Waals surface area contributed by atoms with Crippen LogP contribution in [0.15, 0.2) is 0 Å². The number of nitrogens with zero attached hydrogens (tertiary/aromatic N) is 1. The van der Waals surface area contributed by atoms with Crippen LogP contribution in [0.2, 0.25) is 0 Å². The third-order valence-electron chi connectivity index (χ3n) is 3.72. The summed E-state index contributed by atoms with van der Waals surface area (Å²) >= 11 is 0. The van der Waals surface area contributed by atoms with Gasteiger partial charge >= 0.3 is 0 Å². The van der Waals surface area contributed by atoms with E-state index in [1.54, 1.807) is 0 Å². The lowest BCUT2D eigenvalue weighted by Gasteiger charge is -2.26. The second-order valence-electron chi connectivity index (χ2n) is 5.48. The summed E-state index contributed by atoms with van der Waals surface area (Å²) in [6, 6.07) is 0.688. The predicted molar refractivity (Wildman–Crippen MR) is 71.8 cm³/mol. The minimum absolute atomic E-state index is 0.688. The molecule has 96 valence electrons. The zero-order valence-corrected chi connectivity index (χ0v) is 11.5. The Labute approximate surface area is 102 Å². The van der Waals surface area contributed by atoms with Crippen LogP contribution in [0.4, 0.5) is 0 Å². The number of hydrogen-bond donors (Lipinski definition) is 1. The Balaban J connectivity index is 2.03. The van der Waals surface area contributed by atoms with Gasteiger partial charge in [-0.1, -0.05) is 19.8 Å². The van der Waals surface area contributed by atoms with Crippen LogP contribution in [-0.4, -0.2) is 37.1 Å². The Morgan fingerprint density at radius 2 is 1.88 bits per heavy atom. The van der Waals surface area contributed by atoms with Crippen LogP contribution in [-0.2, 0) is 0 Å². The van der Waals surface area contributed by atoms with Crippen molar-refractivity contribution in [3.05, 3.63) is 0 Å². The van der Waals surface area contributed by atoms with E-state index >= 15 is 0 Å². The minimum Gasteiger partial charge on any atom is -0.315 e. The van der Waals surface area contributed by atoms with Gasteiger partial charge in [-0.15, -0.1) is 0 Å². The molecule has 0 aliphatic heterocycles. The zero-order valence-electron chi connectivity index (χ0n) is 11.5. The molecule has 0 aromatic rings. The van der Waals surface area contributed by atoms with E-state index in [0.717, 1.165) is 12.5 Å². The van der Waals surface area contributed by atoms with Gasteiger partial charge in [-0.2, -0.15) is 0 Å². The van der Waals surface area contributed by atoms with E-state index in [4.69, 9.17) is 0 Å². The van der Waals surface area contributed by atoms with Crippen molar-refractivity contribution in [3.8, 4) is 0 Å². The summed E-state index contributed by atoms with van der Waals surface area (Å²) in [4.78, 5) is 2.57. The number of nitrogens with one attached hydrogen (secondary N) is 1. The van der Waals surface area contributed by atoms with E-state index in [0.29, 0.717) is 6.04 Å². The standard InChI is InChI=1S/C14H30N2/c1-4-10-16(13(2)3)11-9-15-12-14-7-5-6-8-14/h13-15H,4-12H2,1-3H3. The summed E-state index contributed by atoms with van der Waals surface area (Å²) in [5.74, 6) is 0.971. The van der Waals surface area contributed by atoms with Crippen LogP contribution in [0.5, 0.6) is 0 Å². The fourth-order valence-corrected chi connectivity index (χ4v) is 2.66. The molecule has 0 aromatic carbocycles. The summed E-state index contributed by atoms with van der Waals surface area (Å²) in [7, 11) is 0. The molecular formula is C14H30N2. The van der Waals surface area contributed by atoms with Crippen molar-refractivity contribution in [3.63, 3.8) is 0 Å². The summed E-state index contributed by atoms with van der Waals surface area (Å²) in [5.41, 5.74) is 0. The predicted octanol–water partition coefficient (Wildman–Crippen LogP) is 2.89. The molecule has 1 N–H and O–H groups in total. The quantitative estimate of drug-likeness (QED) is 0.640. The molecule has 1 rings (SSSR count). The molecule has 2 heteroatoms. The van der Waals surface area contributed by atoms with E-state index in [2.05, 4.69) is 31.0 Å². The average molecular weight is 226 g/mol. The molecule has 0 saturated heterocycles. The first-order valence-corrected chi connectivity index (χ1v) is 7.18. The zero-order chi connectivity index (χ0) is 11.8. The Morgan fingerprint density at radius 1 is 1.19 bits per heavy atom. The first-order chi connectivity index (χ1) is 7.74. The maximum atomic E-state index is 3.63. The second-order valence-corrected chi connectivity index (χ2v) is 5.48. The fourth-order valence-electron chi connectivity index (χ4n) is 2.66. The van der Waals surface area contributed by atoms with Gasteiger partial charge in [0.15, 0.2) is 0 Å². The normalized spacial score (nSPS) is 17.8. The van der Waals surface area contributed by atoms with Gasteiger partial charge in [-0.25, -0.2) is 0 Å². The molecule has 2 nitrogen and oxygen atoms in total. The highest BCUT2D eigenvalue weighted by Gasteiger charge is 2.14. The maximum Gasteiger partial charge on any atom is 0.0110 e. The third kappa shape index (κ3) is 5.31. The van der Waals surface area contributed by atoms with Crippen LogP contribution in [0.25, 0.3) is 0 Å². The molecule has 0 unspecified atom stereocenters. The molecule has 0 atom stereocenters. The van der Waals surface area contributed by atoms with Gasteiger partial charge in [-0.05, 0) is 52.1 Å². The van der Waals surface area contributed by atoms with E-state index in [-0.39, 0.29) is 0 Å². The lowest BCUT2D eigenvalue weighted by molar-refractivity contribution is 0.221. The first kappa shape index (κ1) is 14.0. The van der Waals surface area contributed by atoms with Crippen molar-refractivity contribution in [2.45, 2.75) is 58.9 Å². The number of rotatable bonds is 8. The largest absolute Gasteiger partial charge is 0.315 e. The molecule has 1 aliphatic rings. The topological polar surface area (TPSA) is 15.3 Å². The summed E-state index contributed by atoms with van der Waals surface area (Å²) in [6.07, 6.45) is 7.09. The van der Waals surface area contributed by atoms with Gasteiger partial charge in [-0.3, -0.25) is 4.90 Å². The minimum atomic E-state index is 0.688. The van der Waals surface area contributed by atoms with Crippen molar-refractivity contribution in [1.29, 1.82) is 0 Å². The first-order valence-electron chi connectivity index (χ1n) is 7.18. The van der Waals surface area contributed by atoms with Gasteiger partial charge in [0.05, 0.1) is 0 Å². The third-order valence-corrected chi connectivity index (χ3v) is 3.72. The van der Waals surface area contributed by atoms with Crippen molar-refractivity contribution in [1.82, 2.24) is 10.2 Å². The molecule has 0 spiro atoms. The van der Waals surface area contributed by atoms with Gasteiger partial charge in [0.2, 0.25) is 0 Å². The van der Waals surface area contributed by atoms with Crippen molar-refractivity contribution >= 4 is 0 Å². The van der Waals surface area contributed by atoms with Crippen LogP contribution in [0.1, 0.15) is 52.9 Å². The molecule has 1 saturated carbocycles. The SMILES string of the molecule is CCCN(CCNCC1CCCC1)C(C)C. The van der Waals surface area contributed by atoms with Crippen LogP contribution in [0.3, 0.4) is 0 Å². The lowest BCUT2D eigenvalue weighted by atomic mass is 10.1.